The van der Waals surface area contributed by atoms with Gasteiger partial charge in [0.25, 0.3) is 0 Å². The first kappa shape index (κ1) is 12.8. The third-order valence-corrected chi connectivity index (χ3v) is 3.21. The van der Waals surface area contributed by atoms with Crippen molar-refractivity contribution >= 4 is 12.2 Å². The van der Waals surface area contributed by atoms with Crippen LogP contribution in [0.15, 0.2) is 30.3 Å². The van der Waals surface area contributed by atoms with Gasteiger partial charge in [-0.1, -0.05) is 30.3 Å². The summed E-state index contributed by atoms with van der Waals surface area (Å²) in [4.78, 5) is 24.5. The monoisotopic (exact) mass is 247 g/mol. The Morgan fingerprint density at radius 2 is 1.94 bits per heavy atom. The Morgan fingerprint density at radius 1 is 1.33 bits per heavy atom. The van der Waals surface area contributed by atoms with Gasteiger partial charge in [0.05, 0.1) is 0 Å². The van der Waals surface area contributed by atoms with Crippen molar-refractivity contribution in [1.82, 2.24) is 4.90 Å². The predicted octanol–water partition coefficient (Wildman–Crippen LogP) is 1.91. The van der Waals surface area contributed by atoms with Crippen molar-refractivity contribution in [1.29, 1.82) is 0 Å². The Hall–Kier alpha value is -1.68. The fraction of sp³-hybridized carbons (Fsp3) is 0.429. The molecule has 1 aliphatic heterocycles. The number of ether oxygens (including phenoxy) is 1. The average molecular weight is 247 g/mol. The molecule has 0 unspecified atom stereocenters. The molecule has 96 valence electrons. The maximum atomic E-state index is 11.7. The summed E-state index contributed by atoms with van der Waals surface area (Å²) in [5.74, 6) is -0.157. The van der Waals surface area contributed by atoms with Crippen molar-refractivity contribution in [3.8, 4) is 0 Å². The fourth-order valence-electron chi connectivity index (χ4n) is 2.56. The minimum absolute atomic E-state index is 0.157. The molecule has 1 amide bonds. The van der Waals surface area contributed by atoms with E-state index in [4.69, 9.17) is 4.74 Å². The van der Waals surface area contributed by atoms with Crippen LogP contribution in [0.5, 0.6) is 0 Å². The molecule has 1 heterocycles. The van der Waals surface area contributed by atoms with E-state index in [0.717, 1.165) is 11.8 Å². The lowest BCUT2D eigenvalue weighted by molar-refractivity contribution is -0.146. The molecule has 0 aromatic heterocycles. The first-order valence-corrected chi connectivity index (χ1v) is 5.95. The second-order valence-electron chi connectivity index (χ2n) is 4.91. The highest BCUT2D eigenvalue weighted by atomic mass is 16.5. The molecule has 0 aliphatic carbocycles. The molecule has 0 spiro atoms. The summed E-state index contributed by atoms with van der Waals surface area (Å²) in [6.07, 6.45) is 0.385. The van der Waals surface area contributed by atoms with E-state index in [1.165, 1.54) is 11.8 Å². The summed E-state index contributed by atoms with van der Waals surface area (Å²) >= 11 is 0. The highest BCUT2D eigenvalue weighted by molar-refractivity contribution is 5.79. The standard InChI is InChI=1S/C14H17NO3/c1-10(17)15-12(9-16)13(18-14(15,2)3)11-7-5-4-6-8-11/h4-9,12-13H,1-3H3/t12-,13+/m1/s1. The maximum Gasteiger partial charge on any atom is 0.222 e. The van der Waals surface area contributed by atoms with Gasteiger partial charge in [0, 0.05) is 6.92 Å². The third-order valence-electron chi connectivity index (χ3n) is 3.21. The molecule has 1 fully saturated rings. The normalized spacial score (nSPS) is 26.1. The van der Waals surface area contributed by atoms with Crippen molar-refractivity contribution in [2.75, 3.05) is 0 Å². The van der Waals surface area contributed by atoms with Crippen LogP contribution in [-0.4, -0.2) is 28.9 Å². The topological polar surface area (TPSA) is 46.6 Å². The molecular weight excluding hydrogens is 230 g/mol. The van der Waals surface area contributed by atoms with Crippen molar-refractivity contribution in [2.24, 2.45) is 0 Å². The van der Waals surface area contributed by atoms with Crippen molar-refractivity contribution in [3.05, 3.63) is 35.9 Å². The number of hydrogen-bond donors (Lipinski definition) is 0. The second-order valence-corrected chi connectivity index (χ2v) is 4.91. The van der Waals surface area contributed by atoms with Crippen LogP contribution in [0.25, 0.3) is 0 Å². The van der Waals surface area contributed by atoms with Crippen LogP contribution in [0.3, 0.4) is 0 Å². The molecule has 1 aromatic rings. The summed E-state index contributed by atoms with van der Waals surface area (Å²) in [6.45, 7) is 5.05. The molecule has 4 nitrogen and oxygen atoms in total. The second kappa shape index (κ2) is 4.53. The summed E-state index contributed by atoms with van der Waals surface area (Å²) in [6, 6.07) is 8.93. The number of carbonyl (C=O) groups is 2. The number of aldehydes is 1. The zero-order chi connectivity index (χ0) is 13.3. The van der Waals surface area contributed by atoms with Crippen molar-refractivity contribution in [2.45, 2.75) is 38.6 Å². The van der Waals surface area contributed by atoms with E-state index in [0.29, 0.717) is 0 Å². The molecule has 1 saturated heterocycles. The zero-order valence-corrected chi connectivity index (χ0v) is 10.8. The smallest absolute Gasteiger partial charge is 0.222 e. The Kier molecular flexibility index (Phi) is 3.22. The Labute approximate surface area is 107 Å². The highest BCUT2D eigenvalue weighted by Gasteiger charge is 2.49. The van der Waals surface area contributed by atoms with Gasteiger partial charge in [-0.2, -0.15) is 0 Å². The number of nitrogens with zero attached hydrogens (tertiary/aromatic N) is 1. The lowest BCUT2D eigenvalue weighted by Gasteiger charge is -2.30. The van der Waals surface area contributed by atoms with Crippen LogP contribution in [-0.2, 0) is 14.3 Å². The summed E-state index contributed by atoms with van der Waals surface area (Å²) in [5, 5.41) is 0. The Bertz CT molecular complexity index is 455. The van der Waals surface area contributed by atoms with Crippen LogP contribution in [0.1, 0.15) is 32.4 Å². The van der Waals surface area contributed by atoms with Gasteiger partial charge in [-0.3, -0.25) is 4.79 Å². The van der Waals surface area contributed by atoms with Crippen LogP contribution >= 0.6 is 0 Å². The Balaban J connectivity index is 2.40. The van der Waals surface area contributed by atoms with Gasteiger partial charge in [-0.05, 0) is 19.4 Å². The van der Waals surface area contributed by atoms with Gasteiger partial charge >= 0.3 is 0 Å². The van der Waals surface area contributed by atoms with E-state index >= 15 is 0 Å². The van der Waals surface area contributed by atoms with Gasteiger partial charge in [-0.15, -0.1) is 0 Å². The van der Waals surface area contributed by atoms with E-state index in [1.54, 1.807) is 13.8 Å². The molecule has 0 radical (unpaired) electrons. The lowest BCUT2D eigenvalue weighted by Crippen LogP contribution is -2.47. The molecule has 2 rings (SSSR count). The minimum Gasteiger partial charge on any atom is -0.346 e. The average Bonchev–Trinajstić information content (AvgIpc) is 2.61. The summed E-state index contributed by atoms with van der Waals surface area (Å²) < 4.78 is 5.89. The maximum absolute atomic E-state index is 11.7. The largest absolute Gasteiger partial charge is 0.346 e. The molecule has 0 saturated carbocycles. The number of hydrogen-bond acceptors (Lipinski definition) is 3. The van der Waals surface area contributed by atoms with E-state index in [2.05, 4.69) is 0 Å². The van der Waals surface area contributed by atoms with E-state index in [-0.39, 0.29) is 5.91 Å². The number of amides is 1. The van der Waals surface area contributed by atoms with Crippen LogP contribution in [0.4, 0.5) is 0 Å². The van der Waals surface area contributed by atoms with Crippen LogP contribution in [0, 0.1) is 0 Å². The number of benzene rings is 1. The van der Waals surface area contributed by atoms with Gasteiger partial charge in [0.1, 0.15) is 24.2 Å². The lowest BCUT2D eigenvalue weighted by atomic mass is 10.0. The number of rotatable bonds is 2. The van der Waals surface area contributed by atoms with E-state index in [1.807, 2.05) is 30.3 Å². The van der Waals surface area contributed by atoms with E-state index < -0.39 is 17.9 Å². The molecular formula is C14H17NO3. The molecule has 1 aromatic carbocycles. The zero-order valence-electron chi connectivity index (χ0n) is 10.8. The molecule has 1 aliphatic rings. The van der Waals surface area contributed by atoms with Crippen molar-refractivity contribution < 1.29 is 14.3 Å². The van der Waals surface area contributed by atoms with Crippen molar-refractivity contribution in [3.63, 3.8) is 0 Å². The first-order valence-electron chi connectivity index (χ1n) is 5.95. The van der Waals surface area contributed by atoms with E-state index in [9.17, 15) is 9.59 Å². The highest BCUT2D eigenvalue weighted by Crippen LogP contribution is 2.39. The van der Waals surface area contributed by atoms with Crippen LogP contribution in [0.2, 0.25) is 0 Å². The molecule has 0 N–H and O–H groups in total. The van der Waals surface area contributed by atoms with Crippen LogP contribution < -0.4 is 0 Å². The molecule has 0 bridgehead atoms. The van der Waals surface area contributed by atoms with Gasteiger partial charge in [0.2, 0.25) is 5.91 Å². The van der Waals surface area contributed by atoms with Gasteiger partial charge < -0.3 is 14.4 Å². The predicted molar refractivity (Wildman–Crippen MR) is 66.7 cm³/mol. The first-order chi connectivity index (χ1) is 8.47. The third kappa shape index (κ3) is 2.04. The van der Waals surface area contributed by atoms with Gasteiger partial charge in [0.15, 0.2) is 0 Å². The SMILES string of the molecule is CC(=O)N1[C@H](C=O)[C@H](c2ccccc2)OC1(C)C. The number of carbonyl (C=O) groups excluding carboxylic acids is 2. The fourth-order valence-corrected chi connectivity index (χ4v) is 2.56. The van der Waals surface area contributed by atoms with Gasteiger partial charge in [-0.25, -0.2) is 0 Å². The molecule has 18 heavy (non-hydrogen) atoms. The molecule has 2 atom stereocenters. The summed E-state index contributed by atoms with van der Waals surface area (Å²) in [5.41, 5.74) is 0.143. The summed E-state index contributed by atoms with van der Waals surface area (Å²) in [7, 11) is 0. The minimum atomic E-state index is -0.766. The quantitative estimate of drug-likeness (QED) is 0.750. The molecule has 4 heteroatoms. The Morgan fingerprint density at radius 3 is 2.44 bits per heavy atom.